The number of carbonyl (C=O) groups excluding carboxylic acids is 4. The third-order valence-corrected chi connectivity index (χ3v) is 5.75. The predicted molar refractivity (Wildman–Crippen MR) is 144 cm³/mol. The average Bonchev–Trinajstić information content (AvgIpc) is 2.88. The minimum Gasteiger partial charge on any atom is -0.392 e. The average molecular weight is 533 g/mol. The number of nitrogens with two attached hydrogens (primary N) is 1. The SMILES string of the molecule is CC(C)[C@H](NC(=O)CCCCCCN=[N+]=[N-])C(=O)N[C@@H](CCCNC(N)=O)C(=O)Nc1ccc(CO)cc1. The van der Waals surface area contributed by atoms with E-state index in [1.165, 1.54) is 0 Å². The van der Waals surface area contributed by atoms with Crippen LogP contribution in [0.3, 0.4) is 0 Å². The molecule has 210 valence electrons. The summed E-state index contributed by atoms with van der Waals surface area (Å²) in [4.78, 5) is 52.3. The van der Waals surface area contributed by atoms with Crippen molar-refractivity contribution in [2.24, 2.45) is 16.8 Å². The number of nitrogens with zero attached hydrogens (tertiary/aromatic N) is 3. The maximum atomic E-state index is 13.1. The molecule has 0 radical (unpaired) electrons. The van der Waals surface area contributed by atoms with E-state index in [1.807, 2.05) is 0 Å². The number of anilines is 1. The van der Waals surface area contributed by atoms with Crippen LogP contribution < -0.4 is 27.0 Å². The Labute approximate surface area is 222 Å². The summed E-state index contributed by atoms with van der Waals surface area (Å²) in [6, 6.07) is 4.18. The molecule has 0 bridgehead atoms. The van der Waals surface area contributed by atoms with Crippen LogP contribution in [0.1, 0.15) is 64.4 Å². The summed E-state index contributed by atoms with van der Waals surface area (Å²) >= 11 is 0. The van der Waals surface area contributed by atoms with Crippen LogP contribution >= 0.6 is 0 Å². The van der Waals surface area contributed by atoms with Gasteiger partial charge in [-0.05, 0) is 54.8 Å². The second-order valence-corrected chi connectivity index (χ2v) is 9.25. The lowest BCUT2D eigenvalue weighted by Gasteiger charge is -2.25. The standard InChI is InChI=1S/C25H40N8O5/c1-17(2)22(32-21(35)9-5-3-4-6-15-29-33-27)24(37)31-20(8-7-14-28-25(26)38)23(36)30-19-12-10-18(16-34)11-13-19/h10-13,17,20,22,34H,3-9,14-16H2,1-2H3,(H,30,36)(H,31,37)(H,32,35)(H3,26,28,38)/t20-,22-/m0/s1. The molecule has 1 aromatic carbocycles. The van der Waals surface area contributed by atoms with Crippen LogP contribution in [-0.2, 0) is 21.0 Å². The zero-order chi connectivity index (χ0) is 28.3. The van der Waals surface area contributed by atoms with Gasteiger partial charge < -0.3 is 32.1 Å². The summed E-state index contributed by atoms with van der Waals surface area (Å²) in [5.41, 5.74) is 14.6. The normalized spacial score (nSPS) is 12.1. The summed E-state index contributed by atoms with van der Waals surface area (Å²) in [7, 11) is 0. The second kappa shape index (κ2) is 18.4. The number of unbranched alkanes of at least 4 members (excludes halogenated alkanes) is 3. The minimum atomic E-state index is -0.927. The first-order chi connectivity index (χ1) is 18.2. The van der Waals surface area contributed by atoms with Gasteiger partial charge in [-0.25, -0.2) is 4.79 Å². The highest BCUT2D eigenvalue weighted by molar-refractivity contribution is 5.98. The Morgan fingerprint density at radius 1 is 1.00 bits per heavy atom. The van der Waals surface area contributed by atoms with Crippen LogP contribution in [0.15, 0.2) is 29.4 Å². The molecule has 38 heavy (non-hydrogen) atoms. The molecule has 0 aromatic heterocycles. The number of aliphatic hydroxyl groups is 1. The van der Waals surface area contributed by atoms with E-state index in [2.05, 4.69) is 31.3 Å². The molecule has 5 amide bonds. The molecule has 0 fully saturated rings. The van der Waals surface area contributed by atoms with Crippen molar-refractivity contribution < 1.29 is 24.3 Å². The van der Waals surface area contributed by atoms with E-state index in [9.17, 15) is 24.3 Å². The number of aliphatic hydroxyl groups excluding tert-OH is 1. The smallest absolute Gasteiger partial charge is 0.312 e. The molecular weight excluding hydrogens is 492 g/mol. The van der Waals surface area contributed by atoms with Crippen molar-refractivity contribution in [3.63, 3.8) is 0 Å². The summed E-state index contributed by atoms with van der Waals surface area (Å²) < 4.78 is 0. The molecule has 13 nitrogen and oxygen atoms in total. The Kier molecular flexibility index (Phi) is 15.6. The van der Waals surface area contributed by atoms with Crippen molar-refractivity contribution >= 4 is 29.4 Å². The van der Waals surface area contributed by atoms with Crippen molar-refractivity contribution in [3.8, 4) is 0 Å². The summed E-state index contributed by atoms with van der Waals surface area (Å²) in [6.45, 7) is 4.14. The lowest BCUT2D eigenvalue weighted by Crippen LogP contribution is -2.54. The molecule has 1 aromatic rings. The number of primary amides is 1. The van der Waals surface area contributed by atoms with Crippen molar-refractivity contribution in [2.75, 3.05) is 18.4 Å². The van der Waals surface area contributed by atoms with Gasteiger partial charge in [0.15, 0.2) is 0 Å². The van der Waals surface area contributed by atoms with Crippen molar-refractivity contribution in [1.82, 2.24) is 16.0 Å². The number of hydrogen-bond donors (Lipinski definition) is 6. The third-order valence-electron chi connectivity index (χ3n) is 5.75. The van der Waals surface area contributed by atoms with Gasteiger partial charge >= 0.3 is 6.03 Å². The minimum absolute atomic E-state index is 0.125. The maximum absolute atomic E-state index is 13.1. The van der Waals surface area contributed by atoms with Gasteiger partial charge in [0.1, 0.15) is 12.1 Å². The molecule has 2 atom stereocenters. The Hall–Kier alpha value is -3.83. The topological polar surface area (TPSA) is 211 Å². The van der Waals surface area contributed by atoms with Crippen LogP contribution in [0.25, 0.3) is 10.4 Å². The molecule has 0 unspecified atom stereocenters. The monoisotopic (exact) mass is 532 g/mol. The molecule has 13 heteroatoms. The maximum Gasteiger partial charge on any atom is 0.312 e. The van der Waals surface area contributed by atoms with E-state index in [4.69, 9.17) is 11.3 Å². The Bertz CT molecular complexity index is 948. The van der Waals surface area contributed by atoms with E-state index in [-0.39, 0.29) is 37.8 Å². The molecule has 0 saturated carbocycles. The Balaban J connectivity index is 2.76. The largest absolute Gasteiger partial charge is 0.392 e. The first kappa shape index (κ1) is 32.2. The van der Waals surface area contributed by atoms with Crippen LogP contribution in [0.5, 0.6) is 0 Å². The van der Waals surface area contributed by atoms with E-state index in [0.29, 0.717) is 30.6 Å². The van der Waals surface area contributed by atoms with Gasteiger partial charge in [-0.15, -0.1) is 0 Å². The molecule has 0 aliphatic rings. The first-order valence-electron chi connectivity index (χ1n) is 12.8. The zero-order valence-electron chi connectivity index (χ0n) is 22.1. The fraction of sp³-hybridized carbons (Fsp3) is 0.600. The lowest BCUT2D eigenvalue weighted by molar-refractivity contribution is -0.132. The highest BCUT2D eigenvalue weighted by Crippen LogP contribution is 2.12. The number of hydrogen-bond acceptors (Lipinski definition) is 6. The van der Waals surface area contributed by atoms with Gasteiger partial charge in [-0.2, -0.15) is 0 Å². The molecule has 0 aliphatic heterocycles. The molecule has 7 N–H and O–H groups in total. The van der Waals surface area contributed by atoms with Crippen molar-refractivity contribution in [2.45, 2.75) is 77.5 Å². The lowest BCUT2D eigenvalue weighted by atomic mass is 10.0. The summed E-state index contributed by atoms with van der Waals surface area (Å²) in [5.74, 6) is -1.43. The van der Waals surface area contributed by atoms with Crippen molar-refractivity contribution in [3.05, 3.63) is 40.3 Å². The first-order valence-corrected chi connectivity index (χ1v) is 12.8. The van der Waals surface area contributed by atoms with E-state index in [1.54, 1.807) is 38.1 Å². The van der Waals surface area contributed by atoms with Gasteiger partial charge in [0.25, 0.3) is 0 Å². The number of benzene rings is 1. The second-order valence-electron chi connectivity index (χ2n) is 9.25. The number of carbonyl (C=O) groups is 4. The summed E-state index contributed by atoms with van der Waals surface area (Å²) in [5, 5.41) is 23.4. The van der Waals surface area contributed by atoms with Gasteiger partial charge in [-0.3, -0.25) is 14.4 Å². The molecular formula is C25H40N8O5. The highest BCUT2D eigenvalue weighted by atomic mass is 16.3. The highest BCUT2D eigenvalue weighted by Gasteiger charge is 2.28. The Morgan fingerprint density at radius 2 is 1.68 bits per heavy atom. The molecule has 1 rings (SSSR count). The number of azide groups is 1. The fourth-order valence-electron chi connectivity index (χ4n) is 3.62. The van der Waals surface area contributed by atoms with E-state index < -0.39 is 29.9 Å². The zero-order valence-corrected chi connectivity index (χ0v) is 22.1. The molecule has 0 heterocycles. The van der Waals surface area contributed by atoms with E-state index >= 15 is 0 Å². The number of amides is 5. The predicted octanol–water partition coefficient (Wildman–Crippen LogP) is 2.45. The number of nitrogens with one attached hydrogen (secondary N) is 4. The molecule has 0 saturated heterocycles. The van der Waals surface area contributed by atoms with E-state index in [0.717, 1.165) is 19.3 Å². The molecule has 0 spiro atoms. The fourth-order valence-corrected chi connectivity index (χ4v) is 3.62. The number of urea groups is 1. The van der Waals surface area contributed by atoms with Crippen LogP contribution in [0.2, 0.25) is 0 Å². The van der Waals surface area contributed by atoms with Crippen LogP contribution in [0, 0.1) is 5.92 Å². The van der Waals surface area contributed by atoms with Gasteiger partial charge in [0.05, 0.1) is 6.61 Å². The van der Waals surface area contributed by atoms with Crippen LogP contribution in [-0.4, -0.2) is 54.0 Å². The van der Waals surface area contributed by atoms with Gasteiger partial charge in [0.2, 0.25) is 17.7 Å². The van der Waals surface area contributed by atoms with Crippen molar-refractivity contribution in [1.29, 1.82) is 0 Å². The third kappa shape index (κ3) is 13.5. The van der Waals surface area contributed by atoms with Crippen LogP contribution in [0.4, 0.5) is 10.5 Å². The Morgan fingerprint density at radius 3 is 2.29 bits per heavy atom. The quantitative estimate of drug-likeness (QED) is 0.0725. The summed E-state index contributed by atoms with van der Waals surface area (Å²) in [6.07, 6.45) is 3.89. The molecule has 0 aliphatic carbocycles. The number of rotatable bonds is 18. The van der Waals surface area contributed by atoms with Gasteiger partial charge in [-0.1, -0.05) is 43.9 Å². The van der Waals surface area contributed by atoms with Gasteiger partial charge in [0, 0.05) is 30.1 Å².